The minimum Gasteiger partial charge on any atom is -0.445 e. The first-order chi connectivity index (χ1) is 24.5. The third-order valence-electron chi connectivity index (χ3n) is 10.5. The number of carbonyl (C=O) groups is 2. The average Bonchev–Trinajstić information content (AvgIpc) is 3.86. The van der Waals surface area contributed by atoms with Gasteiger partial charge in [-0.15, -0.1) is 0 Å². The van der Waals surface area contributed by atoms with Crippen LogP contribution in [0.3, 0.4) is 0 Å². The van der Waals surface area contributed by atoms with E-state index in [-0.39, 0.29) is 63.2 Å². The fraction of sp³-hybridized carbons (Fsp3) is 0.410. The second-order valence-corrected chi connectivity index (χ2v) is 14.2. The number of nitrogens with zero attached hydrogens (tertiary/aromatic N) is 4. The predicted molar refractivity (Wildman–Crippen MR) is 186 cm³/mol. The lowest BCUT2D eigenvalue weighted by Crippen LogP contribution is -2.42. The number of nitrogens with one attached hydrogen (secondary N) is 1. The lowest BCUT2D eigenvalue weighted by Gasteiger charge is -2.29. The fourth-order valence-corrected chi connectivity index (χ4v) is 7.48. The summed E-state index contributed by atoms with van der Waals surface area (Å²) in [4.78, 5) is 38.0. The smallest absolute Gasteiger partial charge is 0.410 e. The number of alkyl halides is 2. The monoisotopic (exact) mass is 703 g/mol. The Morgan fingerprint density at radius 3 is 2.33 bits per heavy atom. The highest BCUT2D eigenvalue weighted by atomic mass is 19.1. The molecule has 5 aromatic rings. The lowest BCUT2D eigenvalue weighted by molar-refractivity contribution is -0.137. The van der Waals surface area contributed by atoms with Crippen LogP contribution in [0.25, 0.3) is 33.5 Å². The Morgan fingerprint density at radius 1 is 0.902 bits per heavy atom. The van der Waals surface area contributed by atoms with E-state index in [0.717, 1.165) is 5.56 Å². The van der Waals surface area contributed by atoms with Crippen LogP contribution >= 0.6 is 0 Å². The highest BCUT2D eigenvalue weighted by Gasteiger charge is 2.40. The van der Waals surface area contributed by atoms with Crippen molar-refractivity contribution in [2.45, 2.75) is 77.6 Å². The van der Waals surface area contributed by atoms with Crippen molar-refractivity contribution in [3.63, 3.8) is 0 Å². The van der Waals surface area contributed by atoms with E-state index in [1.165, 1.54) is 29.2 Å². The van der Waals surface area contributed by atoms with E-state index in [1.807, 2.05) is 55.7 Å². The third-order valence-corrected chi connectivity index (χ3v) is 10.5. The van der Waals surface area contributed by atoms with Crippen molar-refractivity contribution in [3.8, 4) is 11.5 Å². The molecule has 2 amide bonds. The number of aromatic amines is 1. The van der Waals surface area contributed by atoms with Crippen LogP contribution in [0.15, 0.2) is 66.7 Å². The molecule has 0 spiro atoms. The number of carbonyl (C=O) groups excluding carboxylic acids is 2. The van der Waals surface area contributed by atoms with Gasteiger partial charge in [-0.2, -0.15) is 0 Å². The molecule has 8 nitrogen and oxygen atoms in total. The van der Waals surface area contributed by atoms with E-state index in [9.17, 15) is 18.4 Å². The molecule has 4 heterocycles. The van der Waals surface area contributed by atoms with Crippen LogP contribution in [0, 0.1) is 23.5 Å². The number of amides is 2. The number of imidazole rings is 1. The molecule has 0 aliphatic carbocycles. The summed E-state index contributed by atoms with van der Waals surface area (Å²) in [6.07, 6.45) is -2.73. The number of likely N-dealkylation sites (tertiary alicyclic amines) is 2. The van der Waals surface area contributed by atoms with Gasteiger partial charge in [0.1, 0.15) is 30.6 Å². The Bertz CT molecular complexity index is 2060. The van der Waals surface area contributed by atoms with E-state index < -0.39 is 42.2 Å². The average molecular weight is 704 g/mol. The second kappa shape index (κ2) is 14.0. The molecule has 0 radical (unpaired) electrons. The molecule has 3 aromatic carbocycles. The zero-order chi connectivity index (χ0) is 36.0. The Kier molecular flexibility index (Phi) is 9.52. The van der Waals surface area contributed by atoms with Crippen molar-refractivity contribution < 1.29 is 31.9 Å². The molecule has 2 aromatic heterocycles. The molecular formula is C39H41F4N5O3. The van der Waals surface area contributed by atoms with E-state index in [1.54, 1.807) is 17.0 Å². The summed E-state index contributed by atoms with van der Waals surface area (Å²) in [6, 6.07) is 16.7. The van der Waals surface area contributed by atoms with Crippen molar-refractivity contribution in [2.24, 2.45) is 11.8 Å². The Morgan fingerprint density at radius 2 is 1.59 bits per heavy atom. The number of aromatic nitrogens is 3. The van der Waals surface area contributed by atoms with Gasteiger partial charge in [-0.05, 0) is 53.8 Å². The molecule has 2 aliphatic heterocycles. The van der Waals surface area contributed by atoms with Crippen molar-refractivity contribution in [1.29, 1.82) is 0 Å². The molecule has 0 saturated carbocycles. The fourth-order valence-electron chi connectivity index (χ4n) is 7.48. The lowest BCUT2D eigenvalue weighted by atomic mass is 9.96. The summed E-state index contributed by atoms with van der Waals surface area (Å²) < 4.78 is 66.7. The maximum Gasteiger partial charge on any atom is 0.410 e. The quantitative estimate of drug-likeness (QED) is 0.158. The summed E-state index contributed by atoms with van der Waals surface area (Å²) in [7, 11) is 0. The summed E-state index contributed by atoms with van der Waals surface area (Å²) in [5.41, 5.74) is 3.33. The largest absolute Gasteiger partial charge is 0.445 e. The SMILES string of the molecule is CC(C)[C@H](C)C(=O)N1C[C@@H](F)C[C@H]1Cn1c(-c2[nH]c3cc(F)ccc3c2C[C@@H]2C[C@H](F)CN2C(=O)OCc2ccccc2)nc2cc(F)ccc21. The van der Waals surface area contributed by atoms with Gasteiger partial charge in [0.15, 0.2) is 5.82 Å². The molecular weight excluding hydrogens is 662 g/mol. The van der Waals surface area contributed by atoms with E-state index in [2.05, 4.69) is 4.98 Å². The summed E-state index contributed by atoms with van der Waals surface area (Å²) in [5, 5.41) is 0.656. The van der Waals surface area contributed by atoms with Crippen molar-refractivity contribution in [2.75, 3.05) is 13.1 Å². The molecule has 51 heavy (non-hydrogen) atoms. The van der Waals surface area contributed by atoms with Crippen LogP contribution in [-0.4, -0.2) is 73.9 Å². The zero-order valence-corrected chi connectivity index (χ0v) is 28.8. The standard InChI is InChI=1S/C39H41F4N5O3/c1-22(2)23(3)38(49)46-18-28(43)14-30(46)20-48-35-12-10-26(41)16-34(35)45-37(48)36-32(31-11-9-25(40)15-33(31)44-36)17-29-13-27(42)19-47(29)39(50)51-21-24-7-5-4-6-8-24/h4-12,15-16,22-23,27-30,44H,13-14,17-21H2,1-3H3/t23-,27-,28-,29-,30-/m0/s1. The van der Waals surface area contributed by atoms with Crippen molar-refractivity contribution >= 4 is 33.9 Å². The van der Waals surface area contributed by atoms with Gasteiger partial charge in [-0.25, -0.2) is 27.3 Å². The number of fused-ring (bicyclic) bond motifs is 2. The Balaban J connectivity index is 1.28. The molecule has 2 saturated heterocycles. The topological polar surface area (TPSA) is 83.5 Å². The number of ether oxygens (including phenoxy) is 1. The number of benzene rings is 3. The first-order valence-corrected chi connectivity index (χ1v) is 17.5. The third kappa shape index (κ3) is 6.92. The molecule has 12 heteroatoms. The highest BCUT2D eigenvalue weighted by molar-refractivity contribution is 5.92. The van der Waals surface area contributed by atoms with Crippen molar-refractivity contribution in [1.82, 2.24) is 24.3 Å². The normalized spacial score (nSPS) is 21.3. The maximum absolute atomic E-state index is 15.1. The summed E-state index contributed by atoms with van der Waals surface area (Å²) >= 11 is 0. The van der Waals surface area contributed by atoms with Gasteiger partial charge in [-0.3, -0.25) is 4.79 Å². The first kappa shape index (κ1) is 34.6. The van der Waals surface area contributed by atoms with Crippen LogP contribution in [-0.2, 0) is 29.1 Å². The van der Waals surface area contributed by atoms with Crippen LogP contribution in [0.1, 0.15) is 44.7 Å². The van der Waals surface area contributed by atoms with E-state index in [0.29, 0.717) is 39.0 Å². The number of hydrogen-bond acceptors (Lipinski definition) is 4. The molecule has 2 aliphatic rings. The number of H-pyrrole nitrogens is 1. The van der Waals surface area contributed by atoms with E-state index >= 15 is 8.78 Å². The summed E-state index contributed by atoms with van der Waals surface area (Å²) in [6.45, 7) is 5.81. The van der Waals surface area contributed by atoms with Gasteiger partial charge < -0.3 is 24.1 Å². The van der Waals surface area contributed by atoms with Gasteiger partial charge >= 0.3 is 6.09 Å². The molecule has 2 fully saturated rings. The van der Waals surface area contributed by atoms with Gasteiger partial charge in [0.25, 0.3) is 0 Å². The highest BCUT2D eigenvalue weighted by Crippen LogP contribution is 2.37. The molecule has 1 N–H and O–H groups in total. The van der Waals surface area contributed by atoms with Gasteiger partial charge in [0.05, 0.1) is 35.9 Å². The predicted octanol–water partition coefficient (Wildman–Crippen LogP) is 7.99. The minimum absolute atomic E-state index is 0.0175. The Labute approximate surface area is 293 Å². The molecule has 0 unspecified atom stereocenters. The van der Waals surface area contributed by atoms with Crippen LogP contribution in [0.5, 0.6) is 0 Å². The van der Waals surface area contributed by atoms with Gasteiger partial charge in [0, 0.05) is 48.3 Å². The van der Waals surface area contributed by atoms with Crippen LogP contribution in [0.2, 0.25) is 0 Å². The number of hydrogen-bond donors (Lipinski definition) is 1. The molecule has 268 valence electrons. The maximum atomic E-state index is 15.1. The Hall–Kier alpha value is -4.87. The minimum atomic E-state index is -1.27. The number of rotatable bonds is 9. The molecule has 0 bridgehead atoms. The molecule has 7 rings (SSSR count). The summed E-state index contributed by atoms with van der Waals surface area (Å²) in [5.74, 6) is -0.962. The van der Waals surface area contributed by atoms with Gasteiger partial charge in [-0.1, -0.05) is 51.1 Å². The second-order valence-electron chi connectivity index (χ2n) is 14.2. The molecule has 5 atom stereocenters. The van der Waals surface area contributed by atoms with Crippen LogP contribution in [0.4, 0.5) is 22.4 Å². The van der Waals surface area contributed by atoms with Crippen molar-refractivity contribution in [3.05, 3.63) is 89.5 Å². The first-order valence-electron chi connectivity index (χ1n) is 17.5. The number of halogens is 4. The van der Waals surface area contributed by atoms with Gasteiger partial charge in [0.2, 0.25) is 5.91 Å². The van der Waals surface area contributed by atoms with Crippen LogP contribution < -0.4 is 0 Å². The van der Waals surface area contributed by atoms with E-state index in [4.69, 9.17) is 9.72 Å². The zero-order valence-electron chi connectivity index (χ0n) is 28.8.